The van der Waals surface area contributed by atoms with Crippen LogP contribution in [-0.4, -0.2) is 17.9 Å². The predicted molar refractivity (Wildman–Crippen MR) is 74.9 cm³/mol. The lowest BCUT2D eigenvalue weighted by atomic mass is 9.86. The standard InChI is InChI=1S/C15H17NO3/c1-15(2,3)14(18)11-8-16-12-6-5-9(19-4)7-10(12)13(11)17/h5-8H,1-4H3,(H,16,17). The number of rotatable bonds is 2. The molecule has 100 valence electrons. The van der Waals surface area contributed by atoms with E-state index in [0.717, 1.165) is 0 Å². The van der Waals surface area contributed by atoms with Crippen LogP contribution in [0.1, 0.15) is 31.1 Å². The molecule has 0 fully saturated rings. The minimum atomic E-state index is -0.584. The van der Waals surface area contributed by atoms with Gasteiger partial charge in [-0.05, 0) is 18.2 Å². The Bertz CT molecular complexity index is 693. The van der Waals surface area contributed by atoms with Crippen LogP contribution in [0.3, 0.4) is 0 Å². The maximum atomic E-state index is 12.4. The van der Waals surface area contributed by atoms with Gasteiger partial charge < -0.3 is 9.72 Å². The van der Waals surface area contributed by atoms with Crippen molar-refractivity contribution in [3.05, 3.63) is 40.2 Å². The van der Waals surface area contributed by atoms with Gasteiger partial charge in [0.2, 0.25) is 0 Å². The molecule has 0 spiro atoms. The number of carbonyl (C=O) groups is 1. The van der Waals surface area contributed by atoms with Crippen molar-refractivity contribution in [1.29, 1.82) is 0 Å². The molecule has 0 aliphatic rings. The molecule has 4 nitrogen and oxygen atoms in total. The Morgan fingerprint density at radius 3 is 2.53 bits per heavy atom. The number of benzene rings is 1. The summed E-state index contributed by atoms with van der Waals surface area (Å²) in [5.74, 6) is 0.428. The first-order valence-corrected chi connectivity index (χ1v) is 6.09. The summed E-state index contributed by atoms with van der Waals surface area (Å²) in [6.45, 7) is 5.39. The summed E-state index contributed by atoms with van der Waals surface area (Å²) in [6.07, 6.45) is 1.49. The quantitative estimate of drug-likeness (QED) is 0.844. The van der Waals surface area contributed by atoms with Gasteiger partial charge in [-0.2, -0.15) is 0 Å². The lowest BCUT2D eigenvalue weighted by Gasteiger charge is -2.16. The molecule has 0 unspecified atom stereocenters. The molecule has 1 aromatic carbocycles. The summed E-state index contributed by atoms with van der Waals surface area (Å²) in [5.41, 5.74) is 0.0385. The molecule has 0 aliphatic carbocycles. The third-order valence-corrected chi connectivity index (χ3v) is 3.01. The largest absolute Gasteiger partial charge is 0.497 e. The van der Waals surface area contributed by atoms with E-state index in [0.29, 0.717) is 16.7 Å². The number of Topliss-reactive ketones (excluding diaryl/α,β-unsaturated/α-hetero) is 1. The number of aromatic amines is 1. The van der Waals surface area contributed by atoms with Crippen molar-refractivity contribution < 1.29 is 9.53 Å². The van der Waals surface area contributed by atoms with Gasteiger partial charge in [0.15, 0.2) is 11.2 Å². The summed E-state index contributed by atoms with van der Waals surface area (Å²) >= 11 is 0. The number of nitrogens with one attached hydrogen (secondary N) is 1. The van der Waals surface area contributed by atoms with Crippen LogP contribution in [0.2, 0.25) is 0 Å². The molecule has 0 radical (unpaired) electrons. The number of ether oxygens (including phenoxy) is 1. The molecule has 0 atom stereocenters. The minimum Gasteiger partial charge on any atom is -0.497 e. The zero-order valence-corrected chi connectivity index (χ0v) is 11.5. The van der Waals surface area contributed by atoms with Crippen molar-refractivity contribution >= 4 is 16.7 Å². The van der Waals surface area contributed by atoms with Gasteiger partial charge in [0.05, 0.1) is 12.7 Å². The van der Waals surface area contributed by atoms with Crippen LogP contribution in [0.4, 0.5) is 0 Å². The van der Waals surface area contributed by atoms with Gasteiger partial charge >= 0.3 is 0 Å². The molecule has 0 bridgehead atoms. The van der Waals surface area contributed by atoms with Gasteiger partial charge in [0, 0.05) is 22.5 Å². The zero-order valence-electron chi connectivity index (χ0n) is 11.5. The molecule has 1 aromatic heterocycles. The first kappa shape index (κ1) is 13.3. The van der Waals surface area contributed by atoms with E-state index in [1.165, 1.54) is 6.20 Å². The summed E-state index contributed by atoms with van der Waals surface area (Å²) in [6, 6.07) is 5.18. The summed E-state index contributed by atoms with van der Waals surface area (Å²) < 4.78 is 5.11. The number of methoxy groups -OCH3 is 1. The van der Waals surface area contributed by atoms with Crippen molar-refractivity contribution in [2.24, 2.45) is 5.41 Å². The first-order valence-electron chi connectivity index (χ1n) is 6.09. The van der Waals surface area contributed by atoms with Crippen LogP contribution in [0.25, 0.3) is 10.9 Å². The third-order valence-electron chi connectivity index (χ3n) is 3.01. The number of hydrogen-bond donors (Lipinski definition) is 1. The Kier molecular flexibility index (Phi) is 3.18. The highest BCUT2D eigenvalue weighted by molar-refractivity contribution is 6.01. The van der Waals surface area contributed by atoms with Gasteiger partial charge in [0.25, 0.3) is 0 Å². The van der Waals surface area contributed by atoms with Crippen molar-refractivity contribution in [3.63, 3.8) is 0 Å². The molecule has 19 heavy (non-hydrogen) atoms. The molecule has 2 rings (SSSR count). The van der Waals surface area contributed by atoms with Crippen LogP contribution in [0, 0.1) is 5.41 Å². The lowest BCUT2D eigenvalue weighted by Crippen LogP contribution is -2.26. The molecule has 4 heteroatoms. The Morgan fingerprint density at radius 2 is 1.95 bits per heavy atom. The fourth-order valence-corrected chi connectivity index (χ4v) is 1.90. The van der Waals surface area contributed by atoms with Gasteiger partial charge in [-0.15, -0.1) is 0 Å². The van der Waals surface area contributed by atoms with Crippen LogP contribution >= 0.6 is 0 Å². The summed E-state index contributed by atoms with van der Waals surface area (Å²) in [7, 11) is 1.54. The van der Waals surface area contributed by atoms with Gasteiger partial charge in [-0.3, -0.25) is 9.59 Å². The molecule has 2 aromatic rings. The van der Waals surface area contributed by atoms with Crippen molar-refractivity contribution in [3.8, 4) is 5.75 Å². The van der Waals surface area contributed by atoms with E-state index in [1.807, 2.05) is 0 Å². The molecular weight excluding hydrogens is 242 g/mol. The van der Waals surface area contributed by atoms with E-state index in [-0.39, 0.29) is 16.8 Å². The maximum absolute atomic E-state index is 12.4. The smallest absolute Gasteiger partial charge is 0.200 e. The van der Waals surface area contributed by atoms with E-state index in [1.54, 1.807) is 46.1 Å². The number of carbonyl (C=O) groups excluding carboxylic acids is 1. The number of fused-ring (bicyclic) bond motifs is 1. The molecule has 0 aliphatic heterocycles. The summed E-state index contributed by atoms with van der Waals surface area (Å²) in [4.78, 5) is 27.6. The molecule has 0 saturated carbocycles. The number of pyridine rings is 1. The third kappa shape index (κ3) is 2.38. The van der Waals surface area contributed by atoms with Crippen molar-refractivity contribution in [1.82, 2.24) is 4.98 Å². The number of hydrogen-bond acceptors (Lipinski definition) is 3. The monoisotopic (exact) mass is 259 g/mol. The molecule has 1 heterocycles. The maximum Gasteiger partial charge on any atom is 0.200 e. The predicted octanol–water partition coefficient (Wildman–Crippen LogP) is 2.77. The van der Waals surface area contributed by atoms with Crippen LogP contribution in [0.15, 0.2) is 29.2 Å². The first-order chi connectivity index (χ1) is 8.84. The van der Waals surface area contributed by atoms with Crippen molar-refractivity contribution in [2.45, 2.75) is 20.8 Å². The minimum absolute atomic E-state index is 0.168. The highest BCUT2D eigenvalue weighted by Gasteiger charge is 2.25. The molecular formula is C15H17NO3. The van der Waals surface area contributed by atoms with Crippen LogP contribution in [-0.2, 0) is 0 Å². The normalized spacial score (nSPS) is 11.6. The second-order valence-corrected chi connectivity index (χ2v) is 5.52. The van der Waals surface area contributed by atoms with E-state index < -0.39 is 5.41 Å². The Balaban J connectivity index is 2.69. The van der Waals surface area contributed by atoms with Crippen molar-refractivity contribution in [2.75, 3.05) is 7.11 Å². The number of ketones is 1. The highest BCUT2D eigenvalue weighted by Crippen LogP contribution is 2.21. The SMILES string of the molecule is COc1ccc2[nH]cc(C(=O)C(C)(C)C)c(=O)c2c1. The van der Waals surface area contributed by atoms with Crippen LogP contribution in [0.5, 0.6) is 5.75 Å². The van der Waals surface area contributed by atoms with E-state index in [4.69, 9.17) is 4.74 Å². The van der Waals surface area contributed by atoms with Gasteiger partial charge in [-0.1, -0.05) is 20.8 Å². The Labute approximate surface area is 111 Å². The van der Waals surface area contributed by atoms with E-state index in [2.05, 4.69) is 4.98 Å². The average Bonchev–Trinajstić information content (AvgIpc) is 2.37. The highest BCUT2D eigenvalue weighted by atomic mass is 16.5. The average molecular weight is 259 g/mol. The second-order valence-electron chi connectivity index (χ2n) is 5.52. The fraction of sp³-hybridized carbons (Fsp3) is 0.333. The van der Waals surface area contributed by atoms with Crippen LogP contribution < -0.4 is 10.2 Å². The Morgan fingerprint density at radius 1 is 1.26 bits per heavy atom. The topological polar surface area (TPSA) is 59.2 Å². The zero-order chi connectivity index (χ0) is 14.2. The number of aromatic nitrogens is 1. The van der Waals surface area contributed by atoms with Gasteiger partial charge in [0.1, 0.15) is 5.75 Å². The van der Waals surface area contributed by atoms with E-state index >= 15 is 0 Å². The fourth-order valence-electron chi connectivity index (χ4n) is 1.90. The molecule has 0 amide bonds. The molecule has 1 N–H and O–H groups in total. The lowest BCUT2D eigenvalue weighted by molar-refractivity contribution is 0.0857. The summed E-state index contributed by atoms with van der Waals surface area (Å²) in [5, 5.41) is 0.467. The number of H-pyrrole nitrogens is 1. The molecule has 0 saturated heterocycles. The second kappa shape index (κ2) is 4.53. The van der Waals surface area contributed by atoms with E-state index in [9.17, 15) is 9.59 Å². The Hall–Kier alpha value is -2.10. The van der Waals surface area contributed by atoms with Gasteiger partial charge in [-0.25, -0.2) is 0 Å².